The van der Waals surface area contributed by atoms with Crippen LogP contribution in [0.1, 0.15) is 55.5 Å². The second-order valence-corrected chi connectivity index (χ2v) is 5.93. The molecule has 0 N–H and O–H groups in total. The van der Waals surface area contributed by atoms with E-state index in [0.29, 0.717) is 6.61 Å². The van der Waals surface area contributed by atoms with Crippen molar-refractivity contribution in [3.05, 3.63) is 47.5 Å². The highest BCUT2D eigenvalue weighted by molar-refractivity contribution is 5.93. The Balaban J connectivity index is 1.82. The van der Waals surface area contributed by atoms with Crippen molar-refractivity contribution in [1.29, 1.82) is 0 Å². The number of ether oxygens (including phenoxy) is 2. The van der Waals surface area contributed by atoms with Gasteiger partial charge in [0.15, 0.2) is 5.78 Å². The number of rotatable bonds is 5. The molecule has 1 aliphatic carbocycles. The normalized spacial score (nSPS) is 22.7. The molecular formula is C19H24O4. The average Bonchev–Trinajstić information content (AvgIpc) is 2.48. The number of hydrogen-bond acceptors (Lipinski definition) is 4. The summed E-state index contributed by atoms with van der Waals surface area (Å²) in [6.45, 7) is 3.55. The van der Waals surface area contributed by atoms with E-state index < -0.39 is 0 Å². The standard InChI is InChI=1S/C19H24O4/c1-14(20)17-11-9-16(10-12-17)13-22-18-5-3-7-19(8-4-6-18)23-15(2)21/h3,7,9-12,18-19H,4-6,8,13H2,1-2H3/b7-3+. The van der Waals surface area contributed by atoms with Crippen LogP contribution in [0.3, 0.4) is 0 Å². The number of benzene rings is 1. The Labute approximate surface area is 137 Å². The zero-order valence-corrected chi connectivity index (χ0v) is 13.8. The highest BCUT2D eigenvalue weighted by atomic mass is 16.5. The van der Waals surface area contributed by atoms with E-state index >= 15 is 0 Å². The summed E-state index contributed by atoms with van der Waals surface area (Å²) in [4.78, 5) is 22.3. The van der Waals surface area contributed by atoms with Crippen LogP contribution in [0.25, 0.3) is 0 Å². The summed E-state index contributed by atoms with van der Waals surface area (Å²) < 4.78 is 11.2. The lowest BCUT2D eigenvalue weighted by atomic mass is 10.0. The van der Waals surface area contributed by atoms with Crippen LogP contribution in [0, 0.1) is 0 Å². The number of carbonyl (C=O) groups is 2. The molecule has 0 fully saturated rings. The third kappa shape index (κ3) is 5.99. The predicted molar refractivity (Wildman–Crippen MR) is 88.2 cm³/mol. The van der Waals surface area contributed by atoms with E-state index in [1.807, 2.05) is 36.4 Å². The van der Waals surface area contributed by atoms with Gasteiger partial charge in [0.25, 0.3) is 0 Å². The molecule has 0 saturated carbocycles. The maximum Gasteiger partial charge on any atom is 0.303 e. The molecule has 0 spiro atoms. The van der Waals surface area contributed by atoms with Crippen molar-refractivity contribution >= 4 is 11.8 Å². The van der Waals surface area contributed by atoms with Crippen molar-refractivity contribution in [3.63, 3.8) is 0 Å². The summed E-state index contributed by atoms with van der Waals surface area (Å²) in [5.41, 5.74) is 1.79. The monoisotopic (exact) mass is 316 g/mol. The van der Waals surface area contributed by atoms with Crippen molar-refractivity contribution in [2.75, 3.05) is 0 Å². The van der Waals surface area contributed by atoms with Crippen LogP contribution in [0.4, 0.5) is 0 Å². The van der Waals surface area contributed by atoms with Crippen LogP contribution in [0.5, 0.6) is 0 Å². The summed E-state index contributed by atoms with van der Waals surface area (Å²) in [7, 11) is 0. The van der Waals surface area contributed by atoms with Gasteiger partial charge in [-0.25, -0.2) is 0 Å². The molecule has 4 heteroatoms. The molecule has 1 aromatic carbocycles. The van der Waals surface area contributed by atoms with E-state index in [4.69, 9.17) is 9.47 Å². The van der Waals surface area contributed by atoms with Gasteiger partial charge in [-0.15, -0.1) is 0 Å². The first-order chi connectivity index (χ1) is 11.0. The van der Waals surface area contributed by atoms with E-state index in [-0.39, 0.29) is 24.0 Å². The number of esters is 1. The minimum atomic E-state index is -0.234. The number of Topliss-reactive ketones (excluding diaryl/α,β-unsaturated/α-hetero) is 1. The van der Waals surface area contributed by atoms with E-state index in [1.54, 1.807) is 6.92 Å². The summed E-state index contributed by atoms with van der Waals surface area (Å²) in [5.74, 6) is -0.160. The van der Waals surface area contributed by atoms with E-state index in [9.17, 15) is 9.59 Å². The van der Waals surface area contributed by atoms with Gasteiger partial charge < -0.3 is 9.47 Å². The molecule has 0 radical (unpaired) electrons. The van der Waals surface area contributed by atoms with Crippen molar-refractivity contribution < 1.29 is 19.1 Å². The molecule has 0 heterocycles. The number of carbonyl (C=O) groups excluding carboxylic acids is 2. The van der Waals surface area contributed by atoms with Crippen molar-refractivity contribution in [2.24, 2.45) is 0 Å². The quantitative estimate of drug-likeness (QED) is 0.470. The number of hydrogen-bond donors (Lipinski definition) is 0. The molecule has 0 amide bonds. The van der Waals surface area contributed by atoms with E-state index in [0.717, 1.165) is 36.8 Å². The molecule has 1 aromatic rings. The van der Waals surface area contributed by atoms with Crippen LogP contribution >= 0.6 is 0 Å². The third-order valence-corrected chi connectivity index (χ3v) is 3.93. The summed E-state index contributed by atoms with van der Waals surface area (Å²) in [6, 6.07) is 7.55. The third-order valence-electron chi connectivity index (χ3n) is 3.93. The van der Waals surface area contributed by atoms with Gasteiger partial charge in [0, 0.05) is 12.5 Å². The molecule has 4 nitrogen and oxygen atoms in total. The Hall–Kier alpha value is -1.94. The zero-order valence-electron chi connectivity index (χ0n) is 13.8. The Morgan fingerprint density at radius 2 is 1.87 bits per heavy atom. The molecule has 2 unspecified atom stereocenters. The largest absolute Gasteiger partial charge is 0.458 e. The molecule has 2 rings (SSSR count). The average molecular weight is 316 g/mol. The second-order valence-electron chi connectivity index (χ2n) is 5.93. The van der Waals surface area contributed by atoms with Gasteiger partial charge in [-0.2, -0.15) is 0 Å². The molecule has 1 aliphatic rings. The molecule has 0 bridgehead atoms. The maximum atomic E-state index is 11.3. The van der Waals surface area contributed by atoms with Gasteiger partial charge in [0.1, 0.15) is 6.10 Å². The highest BCUT2D eigenvalue weighted by Gasteiger charge is 2.15. The highest BCUT2D eigenvalue weighted by Crippen LogP contribution is 2.19. The molecule has 0 aliphatic heterocycles. The zero-order chi connectivity index (χ0) is 16.7. The molecular weight excluding hydrogens is 292 g/mol. The van der Waals surface area contributed by atoms with E-state index in [2.05, 4.69) is 0 Å². The molecule has 124 valence electrons. The fourth-order valence-electron chi connectivity index (χ4n) is 2.66. The molecule has 0 saturated heterocycles. The first-order valence-corrected chi connectivity index (χ1v) is 8.10. The van der Waals surface area contributed by atoms with Crippen molar-refractivity contribution in [2.45, 2.75) is 58.3 Å². The Bertz CT molecular complexity index is 559. The SMILES string of the molecule is CC(=O)OC1/C=C/CC(OCc2ccc(C(C)=O)cc2)CCC1. The summed E-state index contributed by atoms with van der Waals surface area (Å²) in [6.07, 6.45) is 7.65. The molecule has 23 heavy (non-hydrogen) atoms. The van der Waals surface area contributed by atoms with Crippen LogP contribution in [-0.4, -0.2) is 24.0 Å². The second kappa shape index (κ2) is 8.63. The van der Waals surface area contributed by atoms with Crippen LogP contribution in [-0.2, 0) is 20.9 Å². The Morgan fingerprint density at radius 3 is 2.52 bits per heavy atom. The Morgan fingerprint density at radius 1 is 1.13 bits per heavy atom. The predicted octanol–water partition coefficient (Wildman–Crippen LogP) is 3.84. The van der Waals surface area contributed by atoms with Gasteiger partial charge in [-0.1, -0.05) is 30.3 Å². The Kier molecular flexibility index (Phi) is 6.53. The smallest absolute Gasteiger partial charge is 0.303 e. The summed E-state index contributed by atoms with van der Waals surface area (Å²) in [5, 5.41) is 0. The van der Waals surface area contributed by atoms with Crippen LogP contribution in [0.15, 0.2) is 36.4 Å². The van der Waals surface area contributed by atoms with Gasteiger partial charge in [-0.3, -0.25) is 9.59 Å². The van der Waals surface area contributed by atoms with Gasteiger partial charge in [-0.05, 0) is 44.2 Å². The van der Waals surface area contributed by atoms with Crippen LogP contribution in [0.2, 0.25) is 0 Å². The fraction of sp³-hybridized carbons (Fsp3) is 0.474. The lowest BCUT2D eigenvalue weighted by molar-refractivity contribution is -0.144. The number of ketones is 1. The van der Waals surface area contributed by atoms with Crippen LogP contribution < -0.4 is 0 Å². The first kappa shape index (κ1) is 17.4. The minimum Gasteiger partial charge on any atom is -0.458 e. The maximum absolute atomic E-state index is 11.3. The van der Waals surface area contributed by atoms with Gasteiger partial charge in [0.2, 0.25) is 0 Å². The fourth-order valence-corrected chi connectivity index (χ4v) is 2.66. The minimum absolute atomic E-state index is 0.0740. The van der Waals surface area contributed by atoms with Crippen molar-refractivity contribution in [1.82, 2.24) is 0 Å². The van der Waals surface area contributed by atoms with Crippen molar-refractivity contribution in [3.8, 4) is 0 Å². The van der Waals surface area contributed by atoms with E-state index in [1.165, 1.54) is 6.92 Å². The van der Waals surface area contributed by atoms with Gasteiger partial charge >= 0.3 is 5.97 Å². The first-order valence-electron chi connectivity index (χ1n) is 8.10. The summed E-state index contributed by atoms with van der Waals surface area (Å²) >= 11 is 0. The lowest BCUT2D eigenvalue weighted by Crippen LogP contribution is -2.19. The lowest BCUT2D eigenvalue weighted by Gasteiger charge is -2.21. The molecule has 0 aromatic heterocycles. The topological polar surface area (TPSA) is 52.6 Å². The molecule has 2 atom stereocenters. The van der Waals surface area contributed by atoms with Gasteiger partial charge in [0.05, 0.1) is 12.7 Å².